The molecule has 0 radical (unpaired) electrons. The first-order valence-corrected chi connectivity index (χ1v) is 9.28. The summed E-state index contributed by atoms with van der Waals surface area (Å²) in [6, 6.07) is 2.92. The molecule has 4 rings (SSSR count). The normalized spacial score (nSPS) is 20.5. The molecule has 2 N–H and O–H groups in total. The van der Waals surface area contributed by atoms with Crippen LogP contribution in [0.15, 0.2) is 29.2 Å². The standard InChI is InChI=1S/C20H19F2N3O5/c1-24-9-20(4-5-30-10-20)25-8-13(16(26)17(27)15(25)19(24)29)18(28)23-7-11-2-3-12(21)6-14(11)22/h2-3,6,8,27H,4-5,7,9-10H2,1H3,(H,23,28). The summed E-state index contributed by atoms with van der Waals surface area (Å²) in [5.41, 5.74) is -2.26. The van der Waals surface area contributed by atoms with Crippen molar-refractivity contribution >= 4 is 11.8 Å². The van der Waals surface area contributed by atoms with Crippen LogP contribution >= 0.6 is 0 Å². The first-order chi connectivity index (χ1) is 14.2. The van der Waals surface area contributed by atoms with Gasteiger partial charge in [0.05, 0.1) is 12.1 Å². The molecule has 1 fully saturated rings. The van der Waals surface area contributed by atoms with Crippen LogP contribution in [0.1, 0.15) is 32.8 Å². The number of carbonyl (C=O) groups is 2. The highest BCUT2D eigenvalue weighted by molar-refractivity contribution is 5.99. The number of rotatable bonds is 3. The summed E-state index contributed by atoms with van der Waals surface area (Å²) in [5, 5.41) is 12.9. The molecule has 1 aromatic carbocycles. The van der Waals surface area contributed by atoms with Crippen LogP contribution in [0.4, 0.5) is 8.78 Å². The number of hydrogen-bond donors (Lipinski definition) is 2. The van der Waals surface area contributed by atoms with E-state index in [9.17, 15) is 28.3 Å². The highest BCUT2D eigenvalue weighted by atomic mass is 19.1. The summed E-state index contributed by atoms with van der Waals surface area (Å²) in [6.45, 7) is 0.688. The van der Waals surface area contributed by atoms with Gasteiger partial charge in [-0.05, 0) is 12.5 Å². The smallest absolute Gasteiger partial charge is 0.274 e. The maximum absolute atomic E-state index is 13.8. The maximum atomic E-state index is 13.8. The lowest BCUT2D eigenvalue weighted by Crippen LogP contribution is -2.54. The number of amides is 2. The molecule has 158 valence electrons. The van der Waals surface area contributed by atoms with Gasteiger partial charge >= 0.3 is 0 Å². The van der Waals surface area contributed by atoms with E-state index in [1.54, 1.807) is 7.05 Å². The first kappa shape index (κ1) is 20.0. The van der Waals surface area contributed by atoms with E-state index in [0.717, 1.165) is 6.07 Å². The molecule has 1 unspecified atom stereocenters. The van der Waals surface area contributed by atoms with Crippen LogP contribution in [-0.2, 0) is 16.8 Å². The number of ether oxygens (including phenoxy) is 1. The largest absolute Gasteiger partial charge is 0.503 e. The number of aromatic hydroxyl groups is 1. The predicted octanol–water partition coefficient (Wildman–Crippen LogP) is 0.963. The molecule has 2 amide bonds. The van der Waals surface area contributed by atoms with E-state index in [2.05, 4.69) is 5.32 Å². The molecule has 2 aliphatic heterocycles. The Balaban J connectivity index is 1.71. The van der Waals surface area contributed by atoms with Gasteiger partial charge in [0, 0.05) is 44.6 Å². The van der Waals surface area contributed by atoms with Crippen molar-refractivity contribution in [2.75, 3.05) is 26.8 Å². The second-order valence-electron chi connectivity index (χ2n) is 7.55. The number of halogens is 2. The fourth-order valence-electron chi connectivity index (χ4n) is 3.96. The van der Waals surface area contributed by atoms with Gasteiger partial charge in [0.15, 0.2) is 11.4 Å². The van der Waals surface area contributed by atoms with E-state index in [0.29, 0.717) is 25.6 Å². The van der Waals surface area contributed by atoms with Crippen molar-refractivity contribution in [1.29, 1.82) is 0 Å². The van der Waals surface area contributed by atoms with Crippen molar-refractivity contribution in [3.63, 3.8) is 0 Å². The number of hydrogen-bond acceptors (Lipinski definition) is 5. The molecule has 30 heavy (non-hydrogen) atoms. The van der Waals surface area contributed by atoms with Crippen LogP contribution in [0, 0.1) is 11.6 Å². The Labute approximate surface area is 169 Å². The third-order valence-corrected chi connectivity index (χ3v) is 5.56. The average Bonchev–Trinajstić information content (AvgIpc) is 3.16. The van der Waals surface area contributed by atoms with Crippen molar-refractivity contribution in [1.82, 2.24) is 14.8 Å². The minimum absolute atomic E-state index is 0.0319. The lowest BCUT2D eigenvalue weighted by atomic mass is 9.93. The van der Waals surface area contributed by atoms with Gasteiger partial charge in [0.25, 0.3) is 11.8 Å². The Morgan fingerprint density at radius 3 is 2.77 bits per heavy atom. The number of aromatic nitrogens is 1. The Hall–Kier alpha value is -3.27. The van der Waals surface area contributed by atoms with Gasteiger partial charge in [0.1, 0.15) is 17.2 Å². The summed E-state index contributed by atoms with van der Waals surface area (Å²) in [4.78, 5) is 39.2. The fourth-order valence-corrected chi connectivity index (χ4v) is 3.96. The number of likely N-dealkylation sites (N-methyl/N-ethyl adjacent to an activating group) is 1. The van der Waals surface area contributed by atoms with Gasteiger partial charge in [-0.15, -0.1) is 0 Å². The van der Waals surface area contributed by atoms with E-state index >= 15 is 0 Å². The van der Waals surface area contributed by atoms with E-state index in [1.807, 2.05) is 0 Å². The SMILES string of the molecule is CN1CC2(CCOC2)n2cc(C(=O)NCc3ccc(F)cc3F)c(=O)c(O)c2C1=O. The highest BCUT2D eigenvalue weighted by Crippen LogP contribution is 2.35. The minimum atomic E-state index is -1.00. The predicted molar refractivity (Wildman–Crippen MR) is 100 cm³/mol. The number of fused-ring (bicyclic) bond motifs is 2. The van der Waals surface area contributed by atoms with Crippen LogP contribution in [0.2, 0.25) is 0 Å². The fraction of sp³-hybridized carbons (Fsp3) is 0.350. The lowest BCUT2D eigenvalue weighted by Gasteiger charge is -2.41. The lowest BCUT2D eigenvalue weighted by molar-refractivity contribution is 0.0560. The number of carbonyl (C=O) groups excluding carboxylic acids is 2. The summed E-state index contributed by atoms with van der Waals surface area (Å²) >= 11 is 0. The van der Waals surface area contributed by atoms with Crippen LogP contribution in [0.3, 0.4) is 0 Å². The second-order valence-corrected chi connectivity index (χ2v) is 7.55. The zero-order valence-corrected chi connectivity index (χ0v) is 16.1. The molecule has 1 atom stereocenters. The highest BCUT2D eigenvalue weighted by Gasteiger charge is 2.46. The third-order valence-electron chi connectivity index (χ3n) is 5.56. The van der Waals surface area contributed by atoms with Gasteiger partial charge in [0.2, 0.25) is 5.43 Å². The molecular formula is C20H19F2N3O5. The zero-order valence-electron chi connectivity index (χ0n) is 16.1. The molecule has 0 aliphatic carbocycles. The Bertz CT molecular complexity index is 1110. The molecule has 10 heteroatoms. The van der Waals surface area contributed by atoms with Crippen molar-refractivity contribution in [2.45, 2.75) is 18.5 Å². The summed E-state index contributed by atoms with van der Waals surface area (Å²) in [5.74, 6) is -3.80. The molecule has 0 bridgehead atoms. The molecule has 0 saturated carbocycles. The van der Waals surface area contributed by atoms with Gasteiger partial charge in [-0.2, -0.15) is 0 Å². The molecule has 1 spiro atoms. The molecule has 3 heterocycles. The minimum Gasteiger partial charge on any atom is -0.503 e. The molecule has 2 aromatic rings. The quantitative estimate of drug-likeness (QED) is 0.772. The number of benzene rings is 1. The number of nitrogens with one attached hydrogen (secondary N) is 1. The van der Waals surface area contributed by atoms with Crippen LogP contribution in [-0.4, -0.2) is 53.2 Å². The Morgan fingerprint density at radius 2 is 2.10 bits per heavy atom. The van der Waals surface area contributed by atoms with Gasteiger partial charge in [-0.3, -0.25) is 14.4 Å². The Kier molecular flexibility index (Phi) is 4.81. The second kappa shape index (κ2) is 7.21. The third kappa shape index (κ3) is 3.13. The monoisotopic (exact) mass is 419 g/mol. The van der Waals surface area contributed by atoms with Gasteiger partial charge < -0.3 is 24.6 Å². The van der Waals surface area contributed by atoms with Gasteiger partial charge in [-0.1, -0.05) is 6.07 Å². The molecule has 1 aromatic heterocycles. The molecule has 8 nitrogen and oxygen atoms in total. The summed E-state index contributed by atoms with van der Waals surface area (Å²) in [7, 11) is 1.56. The molecule has 2 aliphatic rings. The van der Waals surface area contributed by atoms with E-state index in [-0.39, 0.29) is 30.0 Å². The topological polar surface area (TPSA) is 101 Å². The summed E-state index contributed by atoms with van der Waals surface area (Å²) < 4.78 is 33.8. The van der Waals surface area contributed by atoms with Crippen LogP contribution in [0.25, 0.3) is 0 Å². The molecule has 1 saturated heterocycles. The van der Waals surface area contributed by atoms with E-state index < -0.39 is 40.2 Å². The van der Waals surface area contributed by atoms with E-state index in [4.69, 9.17) is 4.74 Å². The Morgan fingerprint density at radius 1 is 1.33 bits per heavy atom. The summed E-state index contributed by atoms with van der Waals surface area (Å²) in [6.07, 6.45) is 1.77. The van der Waals surface area contributed by atoms with E-state index in [1.165, 1.54) is 21.7 Å². The number of pyridine rings is 1. The van der Waals surface area contributed by atoms with Crippen molar-refractivity contribution in [2.24, 2.45) is 0 Å². The zero-order chi connectivity index (χ0) is 21.6. The maximum Gasteiger partial charge on any atom is 0.274 e. The van der Waals surface area contributed by atoms with Crippen LogP contribution < -0.4 is 10.7 Å². The molecular weight excluding hydrogens is 400 g/mol. The number of nitrogens with zero attached hydrogens (tertiary/aromatic N) is 2. The first-order valence-electron chi connectivity index (χ1n) is 9.28. The van der Waals surface area contributed by atoms with Crippen molar-refractivity contribution in [3.05, 3.63) is 63.1 Å². The van der Waals surface area contributed by atoms with Crippen LogP contribution in [0.5, 0.6) is 5.75 Å². The average molecular weight is 419 g/mol. The van der Waals surface area contributed by atoms with Crippen molar-refractivity contribution < 1.29 is 28.2 Å². The van der Waals surface area contributed by atoms with Gasteiger partial charge in [-0.25, -0.2) is 8.78 Å². The van der Waals surface area contributed by atoms with Crippen molar-refractivity contribution in [3.8, 4) is 5.75 Å².